The molecule has 0 spiro atoms. The highest BCUT2D eigenvalue weighted by atomic mass is 16.2. The number of pyridine rings is 1. The number of nitrogens with zero attached hydrogens (tertiary/aromatic N) is 2. The van der Waals surface area contributed by atoms with Gasteiger partial charge in [0.2, 0.25) is 0 Å². The first-order chi connectivity index (χ1) is 8.61. The van der Waals surface area contributed by atoms with Crippen molar-refractivity contribution in [2.75, 3.05) is 12.8 Å². The number of carbonyl (C=O) groups excluding carboxylic acids is 1. The Kier molecular flexibility index (Phi) is 3.84. The molecule has 0 unspecified atom stereocenters. The number of hydrogen-bond acceptors (Lipinski definition) is 3. The summed E-state index contributed by atoms with van der Waals surface area (Å²) in [6.45, 7) is 2.09. The van der Waals surface area contributed by atoms with Crippen LogP contribution in [0.5, 0.6) is 0 Å². The lowest BCUT2D eigenvalue weighted by Crippen LogP contribution is -2.41. The molecule has 0 atom stereocenters. The fourth-order valence-corrected chi connectivity index (χ4v) is 2.26. The maximum Gasteiger partial charge on any atom is 0.254 e. The van der Waals surface area contributed by atoms with Gasteiger partial charge in [0.25, 0.3) is 5.91 Å². The second-order valence-corrected chi connectivity index (χ2v) is 5.02. The van der Waals surface area contributed by atoms with Crippen LogP contribution in [-0.2, 0) is 6.42 Å². The van der Waals surface area contributed by atoms with Crippen LogP contribution in [0.15, 0.2) is 12.1 Å². The molecule has 1 saturated carbocycles. The van der Waals surface area contributed by atoms with Crippen molar-refractivity contribution >= 4 is 11.7 Å². The summed E-state index contributed by atoms with van der Waals surface area (Å²) in [5.41, 5.74) is 7.34. The summed E-state index contributed by atoms with van der Waals surface area (Å²) in [6, 6.07) is 3.95. The van der Waals surface area contributed by atoms with Gasteiger partial charge in [0.1, 0.15) is 5.82 Å². The second-order valence-electron chi connectivity index (χ2n) is 5.02. The van der Waals surface area contributed by atoms with E-state index in [9.17, 15) is 4.79 Å². The smallest absolute Gasteiger partial charge is 0.254 e. The number of nitrogens with two attached hydrogens (primary N) is 1. The number of nitrogen functional groups attached to an aromatic ring is 1. The molecule has 1 heterocycles. The van der Waals surface area contributed by atoms with Crippen LogP contribution in [0.1, 0.15) is 48.7 Å². The summed E-state index contributed by atoms with van der Waals surface area (Å²) >= 11 is 0. The monoisotopic (exact) mass is 247 g/mol. The van der Waals surface area contributed by atoms with Crippen molar-refractivity contribution in [3.8, 4) is 0 Å². The second kappa shape index (κ2) is 5.38. The third-order valence-corrected chi connectivity index (χ3v) is 3.59. The molecule has 0 aliphatic heterocycles. The molecule has 0 bridgehead atoms. The van der Waals surface area contributed by atoms with Crippen LogP contribution >= 0.6 is 0 Å². The van der Waals surface area contributed by atoms with Crippen molar-refractivity contribution in [2.45, 2.75) is 45.1 Å². The molecule has 1 aromatic heterocycles. The predicted molar refractivity (Wildman–Crippen MR) is 72.4 cm³/mol. The number of carbonyl (C=O) groups is 1. The van der Waals surface area contributed by atoms with E-state index in [2.05, 4.69) is 11.9 Å². The van der Waals surface area contributed by atoms with E-state index in [0.29, 0.717) is 17.4 Å². The van der Waals surface area contributed by atoms with Crippen molar-refractivity contribution in [3.63, 3.8) is 0 Å². The molecule has 98 valence electrons. The third kappa shape index (κ3) is 2.63. The summed E-state index contributed by atoms with van der Waals surface area (Å²) in [7, 11) is 1.88. The lowest BCUT2D eigenvalue weighted by atomic mass is 9.91. The van der Waals surface area contributed by atoms with Gasteiger partial charge in [-0.1, -0.05) is 13.3 Å². The van der Waals surface area contributed by atoms with Gasteiger partial charge in [0, 0.05) is 24.3 Å². The summed E-state index contributed by atoms with van der Waals surface area (Å²) in [6.07, 6.45) is 5.32. The molecule has 0 aromatic carbocycles. The molecule has 1 aliphatic carbocycles. The maximum absolute atomic E-state index is 12.3. The Morgan fingerprint density at radius 1 is 1.50 bits per heavy atom. The molecule has 4 heteroatoms. The molecule has 18 heavy (non-hydrogen) atoms. The van der Waals surface area contributed by atoms with Crippen LogP contribution in [-0.4, -0.2) is 28.9 Å². The van der Waals surface area contributed by atoms with Gasteiger partial charge in [-0.05, 0) is 37.8 Å². The Hall–Kier alpha value is -1.58. The molecule has 1 aromatic rings. The number of rotatable bonds is 4. The maximum atomic E-state index is 12.3. The van der Waals surface area contributed by atoms with Gasteiger partial charge in [0.05, 0.1) is 0 Å². The van der Waals surface area contributed by atoms with Gasteiger partial charge < -0.3 is 10.6 Å². The molecule has 4 nitrogen and oxygen atoms in total. The lowest BCUT2D eigenvalue weighted by Gasteiger charge is -2.34. The average Bonchev–Trinajstić information content (AvgIpc) is 2.25. The SMILES string of the molecule is CCCc1cc(C(=O)N(C)C2CCC2)cc(N)n1. The first-order valence-corrected chi connectivity index (χ1v) is 6.65. The zero-order valence-electron chi connectivity index (χ0n) is 11.1. The highest BCUT2D eigenvalue weighted by Crippen LogP contribution is 2.25. The van der Waals surface area contributed by atoms with Crippen molar-refractivity contribution in [1.82, 2.24) is 9.88 Å². The largest absolute Gasteiger partial charge is 0.384 e. The van der Waals surface area contributed by atoms with E-state index in [-0.39, 0.29) is 5.91 Å². The number of aryl methyl sites for hydroxylation is 1. The molecule has 1 aliphatic rings. The fraction of sp³-hybridized carbons (Fsp3) is 0.571. The highest BCUT2D eigenvalue weighted by molar-refractivity contribution is 5.95. The molecule has 2 rings (SSSR count). The molecular formula is C14H21N3O. The van der Waals surface area contributed by atoms with Gasteiger partial charge in [-0.25, -0.2) is 4.98 Å². The molecule has 1 fully saturated rings. The van der Waals surface area contributed by atoms with E-state index in [0.717, 1.165) is 31.4 Å². The first kappa shape index (κ1) is 12.9. The van der Waals surface area contributed by atoms with E-state index in [4.69, 9.17) is 5.73 Å². The van der Waals surface area contributed by atoms with Crippen molar-refractivity contribution in [1.29, 1.82) is 0 Å². The molecule has 2 N–H and O–H groups in total. The Bertz CT molecular complexity index is 441. The van der Waals surface area contributed by atoms with Crippen LogP contribution in [0, 0.1) is 0 Å². The Morgan fingerprint density at radius 3 is 2.78 bits per heavy atom. The number of anilines is 1. The van der Waals surface area contributed by atoms with Gasteiger partial charge in [-0.3, -0.25) is 4.79 Å². The molecule has 0 radical (unpaired) electrons. The molecule has 0 saturated heterocycles. The Balaban J connectivity index is 2.18. The number of aromatic nitrogens is 1. The minimum absolute atomic E-state index is 0.0613. The number of amides is 1. The van der Waals surface area contributed by atoms with Crippen molar-refractivity contribution < 1.29 is 4.79 Å². The normalized spacial score (nSPS) is 15.2. The van der Waals surface area contributed by atoms with E-state index in [1.165, 1.54) is 6.42 Å². The Labute approximate surface area is 108 Å². The van der Waals surface area contributed by atoms with Gasteiger partial charge in [-0.2, -0.15) is 0 Å². The first-order valence-electron chi connectivity index (χ1n) is 6.65. The topological polar surface area (TPSA) is 59.2 Å². The van der Waals surface area contributed by atoms with E-state index < -0.39 is 0 Å². The standard InChI is InChI=1S/C14H21N3O/c1-3-5-11-8-10(9-13(15)16-11)14(18)17(2)12-6-4-7-12/h8-9,12H,3-7H2,1-2H3,(H2,15,16). The molecule has 1 amide bonds. The number of hydrogen-bond donors (Lipinski definition) is 1. The Morgan fingerprint density at radius 2 is 2.22 bits per heavy atom. The predicted octanol–water partition coefficient (Wildman–Crippen LogP) is 2.24. The van der Waals surface area contributed by atoms with Crippen molar-refractivity contribution in [3.05, 3.63) is 23.4 Å². The van der Waals surface area contributed by atoms with Gasteiger partial charge in [0.15, 0.2) is 0 Å². The van der Waals surface area contributed by atoms with Crippen LogP contribution < -0.4 is 5.73 Å². The van der Waals surface area contributed by atoms with Gasteiger partial charge in [-0.15, -0.1) is 0 Å². The zero-order chi connectivity index (χ0) is 13.1. The highest BCUT2D eigenvalue weighted by Gasteiger charge is 2.26. The summed E-state index contributed by atoms with van der Waals surface area (Å²) in [5.74, 6) is 0.498. The molecular weight excluding hydrogens is 226 g/mol. The van der Waals surface area contributed by atoms with Crippen LogP contribution in [0.25, 0.3) is 0 Å². The minimum Gasteiger partial charge on any atom is -0.384 e. The van der Waals surface area contributed by atoms with Crippen LogP contribution in [0.2, 0.25) is 0 Å². The van der Waals surface area contributed by atoms with Gasteiger partial charge >= 0.3 is 0 Å². The van der Waals surface area contributed by atoms with Crippen LogP contribution in [0.4, 0.5) is 5.82 Å². The van der Waals surface area contributed by atoms with Crippen molar-refractivity contribution in [2.24, 2.45) is 0 Å². The van der Waals surface area contributed by atoms with Crippen LogP contribution in [0.3, 0.4) is 0 Å². The quantitative estimate of drug-likeness (QED) is 0.887. The summed E-state index contributed by atoms with van der Waals surface area (Å²) in [4.78, 5) is 18.4. The summed E-state index contributed by atoms with van der Waals surface area (Å²) in [5, 5.41) is 0. The zero-order valence-corrected chi connectivity index (χ0v) is 11.1. The van der Waals surface area contributed by atoms with E-state index in [1.54, 1.807) is 6.07 Å². The minimum atomic E-state index is 0.0613. The third-order valence-electron chi connectivity index (χ3n) is 3.59. The summed E-state index contributed by atoms with van der Waals surface area (Å²) < 4.78 is 0. The van der Waals surface area contributed by atoms with E-state index in [1.807, 2.05) is 18.0 Å². The lowest BCUT2D eigenvalue weighted by molar-refractivity contribution is 0.0652. The fourth-order valence-electron chi connectivity index (χ4n) is 2.26. The average molecular weight is 247 g/mol. The van der Waals surface area contributed by atoms with E-state index >= 15 is 0 Å².